The van der Waals surface area contributed by atoms with Gasteiger partial charge in [0, 0.05) is 35.3 Å². The summed E-state index contributed by atoms with van der Waals surface area (Å²) < 4.78 is 2.14. The van der Waals surface area contributed by atoms with Crippen LogP contribution >= 0.6 is 11.3 Å². The first-order valence-electron chi connectivity index (χ1n) is 7.40. The van der Waals surface area contributed by atoms with E-state index in [1.54, 1.807) is 11.3 Å². The third kappa shape index (κ3) is 2.52. The molecule has 4 nitrogen and oxygen atoms in total. The first kappa shape index (κ1) is 13.8. The molecule has 0 bridgehead atoms. The van der Waals surface area contributed by atoms with Gasteiger partial charge in [-0.25, -0.2) is 4.98 Å². The van der Waals surface area contributed by atoms with Crippen LogP contribution in [0.1, 0.15) is 52.6 Å². The minimum atomic E-state index is 0.445. The maximum absolute atomic E-state index is 4.51. The molecule has 0 saturated heterocycles. The zero-order valence-electron chi connectivity index (χ0n) is 12.4. The molecule has 2 heterocycles. The van der Waals surface area contributed by atoms with E-state index in [1.807, 2.05) is 0 Å². The Kier molecular flexibility index (Phi) is 3.89. The molecule has 0 aliphatic heterocycles. The van der Waals surface area contributed by atoms with E-state index in [-0.39, 0.29) is 0 Å². The highest BCUT2D eigenvalue weighted by atomic mass is 32.1. The van der Waals surface area contributed by atoms with Crippen molar-refractivity contribution in [3.05, 3.63) is 33.0 Å². The summed E-state index contributed by atoms with van der Waals surface area (Å²) in [6, 6.07) is 0.445. The molecule has 1 atom stereocenters. The minimum Gasteiger partial charge on any atom is -0.305 e. The second-order valence-electron chi connectivity index (χ2n) is 5.43. The maximum atomic E-state index is 4.51. The molecule has 2 aromatic heterocycles. The molecule has 20 heavy (non-hydrogen) atoms. The van der Waals surface area contributed by atoms with E-state index in [4.69, 9.17) is 0 Å². The number of aromatic nitrogens is 3. The van der Waals surface area contributed by atoms with Crippen molar-refractivity contribution in [2.45, 2.75) is 59.2 Å². The predicted octanol–water partition coefficient (Wildman–Crippen LogP) is 3.14. The van der Waals surface area contributed by atoms with Gasteiger partial charge in [-0.05, 0) is 40.0 Å². The number of aryl methyl sites for hydroxylation is 3. The number of nitrogens with zero attached hydrogens (tertiary/aromatic N) is 3. The third-order valence-corrected chi connectivity index (χ3v) is 5.14. The quantitative estimate of drug-likeness (QED) is 0.940. The summed E-state index contributed by atoms with van der Waals surface area (Å²) in [7, 11) is 0. The van der Waals surface area contributed by atoms with Crippen LogP contribution in [-0.4, -0.2) is 14.8 Å². The molecule has 0 spiro atoms. The summed E-state index contributed by atoms with van der Waals surface area (Å²) in [5.74, 6) is 0. The molecular formula is C15H22N4S. The smallest absolute Gasteiger partial charge is 0.0900 e. The van der Waals surface area contributed by atoms with E-state index in [1.165, 1.54) is 41.1 Å². The highest BCUT2D eigenvalue weighted by molar-refractivity contribution is 7.11. The van der Waals surface area contributed by atoms with Gasteiger partial charge in [-0.1, -0.05) is 0 Å². The van der Waals surface area contributed by atoms with E-state index in [2.05, 4.69) is 47.0 Å². The molecule has 2 aromatic rings. The first-order valence-corrected chi connectivity index (χ1v) is 8.21. The number of hydrogen-bond donors (Lipinski definition) is 1. The fourth-order valence-electron chi connectivity index (χ4n) is 3.06. The van der Waals surface area contributed by atoms with Crippen LogP contribution in [0.2, 0.25) is 0 Å². The van der Waals surface area contributed by atoms with Gasteiger partial charge >= 0.3 is 0 Å². The van der Waals surface area contributed by atoms with Crippen molar-refractivity contribution >= 4 is 11.3 Å². The third-order valence-electron chi connectivity index (χ3n) is 4.07. The Morgan fingerprint density at radius 2 is 2.30 bits per heavy atom. The van der Waals surface area contributed by atoms with Gasteiger partial charge in [0.05, 0.1) is 16.9 Å². The second kappa shape index (κ2) is 5.66. The lowest BCUT2D eigenvalue weighted by molar-refractivity contribution is 0.449. The lowest BCUT2D eigenvalue weighted by Gasteiger charge is -2.24. The molecule has 0 radical (unpaired) electrons. The largest absolute Gasteiger partial charge is 0.305 e. The van der Waals surface area contributed by atoms with Crippen LogP contribution in [0, 0.1) is 13.8 Å². The standard InChI is InChI=1S/C15H22N4S/c1-4-19-14-7-5-6-13(12(14)8-17-19)16-9-15-10(2)18-11(3)20-15/h8,13,16H,4-7,9H2,1-3H3/t13-/m0/s1. The van der Waals surface area contributed by atoms with Crippen LogP contribution in [0.15, 0.2) is 6.20 Å². The fraction of sp³-hybridized carbons (Fsp3) is 0.600. The van der Waals surface area contributed by atoms with Crippen LogP contribution in [0.4, 0.5) is 0 Å². The first-order chi connectivity index (χ1) is 9.69. The Morgan fingerprint density at radius 3 is 3.00 bits per heavy atom. The van der Waals surface area contributed by atoms with Gasteiger partial charge < -0.3 is 5.32 Å². The molecule has 0 fully saturated rings. The molecule has 3 rings (SSSR count). The predicted molar refractivity (Wildman–Crippen MR) is 82.0 cm³/mol. The summed E-state index contributed by atoms with van der Waals surface area (Å²) in [5.41, 5.74) is 3.99. The second-order valence-corrected chi connectivity index (χ2v) is 6.72. The molecule has 0 aromatic carbocycles. The highest BCUT2D eigenvalue weighted by Crippen LogP contribution is 2.30. The van der Waals surface area contributed by atoms with E-state index in [0.29, 0.717) is 6.04 Å². The van der Waals surface area contributed by atoms with Crippen molar-refractivity contribution in [2.24, 2.45) is 0 Å². The summed E-state index contributed by atoms with van der Waals surface area (Å²) in [5, 5.41) is 9.37. The molecule has 0 amide bonds. The van der Waals surface area contributed by atoms with Crippen molar-refractivity contribution in [1.82, 2.24) is 20.1 Å². The van der Waals surface area contributed by atoms with Crippen molar-refractivity contribution in [3.8, 4) is 0 Å². The molecule has 1 N–H and O–H groups in total. The molecule has 0 unspecified atom stereocenters. The van der Waals surface area contributed by atoms with Gasteiger partial charge in [-0.3, -0.25) is 4.68 Å². The van der Waals surface area contributed by atoms with Crippen molar-refractivity contribution in [3.63, 3.8) is 0 Å². The lowest BCUT2D eigenvalue weighted by Crippen LogP contribution is -2.25. The average Bonchev–Trinajstić information content (AvgIpc) is 2.99. The molecule has 0 saturated carbocycles. The van der Waals surface area contributed by atoms with Crippen LogP contribution in [-0.2, 0) is 19.5 Å². The monoisotopic (exact) mass is 290 g/mol. The van der Waals surface area contributed by atoms with Gasteiger partial charge in [0.25, 0.3) is 0 Å². The summed E-state index contributed by atoms with van der Waals surface area (Å²) >= 11 is 1.80. The number of thiazole rings is 1. The molecular weight excluding hydrogens is 268 g/mol. The maximum Gasteiger partial charge on any atom is 0.0900 e. The Bertz CT molecular complexity index is 599. The number of hydrogen-bond acceptors (Lipinski definition) is 4. The number of rotatable bonds is 4. The van der Waals surface area contributed by atoms with Gasteiger partial charge in [0.1, 0.15) is 0 Å². The van der Waals surface area contributed by atoms with Crippen LogP contribution in [0.3, 0.4) is 0 Å². The van der Waals surface area contributed by atoms with Gasteiger partial charge in [-0.15, -0.1) is 11.3 Å². The number of fused-ring (bicyclic) bond motifs is 1. The number of nitrogens with one attached hydrogen (secondary N) is 1. The summed E-state index contributed by atoms with van der Waals surface area (Å²) in [6.45, 7) is 8.22. The zero-order chi connectivity index (χ0) is 14.1. The Hall–Kier alpha value is -1.20. The van der Waals surface area contributed by atoms with E-state index >= 15 is 0 Å². The Labute approximate surface area is 124 Å². The van der Waals surface area contributed by atoms with Gasteiger partial charge in [-0.2, -0.15) is 5.10 Å². The van der Waals surface area contributed by atoms with Crippen LogP contribution in [0.5, 0.6) is 0 Å². The summed E-state index contributed by atoms with van der Waals surface area (Å²) in [4.78, 5) is 5.86. The molecule has 108 valence electrons. The molecule has 1 aliphatic rings. The van der Waals surface area contributed by atoms with Crippen molar-refractivity contribution < 1.29 is 0 Å². The Balaban J connectivity index is 1.73. The molecule has 5 heteroatoms. The topological polar surface area (TPSA) is 42.7 Å². The van der Waals surface area contributed by atoms with E-state index in [9.17, 15) is 0 Å². The highest BCUT2D eigenvalue weighted by Gasteiger charge is 2.23. The zero-order valence-corrected chi connectivity index (χ0v) is 13.3. The van der Waals surface area contributed by atoms with E-state index < -0.39 is 0 Å². The molecule has 1 aliphatic carbocycles. The van der Waals surface area contributed by atoms with Crippen molar-refractivity contribution in [1.29, 1.82) is 0 Å². The SMILES string of the molecule is CCn1ncc2c1CCC[C@@H]2NCc1sc(C)nc1C. The van der Waals surface area contributed by atoms with Gasteiger partial charge in [0.2, 0.25) is 0 Å². The normalized spacial score (nSPS) is 18.2. The van der Waals surface area contributed by atoms with E-state index in [0.717, 1.165) is 18.1 Å². The average molecular weight is 290 g/mol. The van der Waals surface area contributed by atoms with Crippen LogP contribution in [0.25, 0.3) is 0 Å². The van der Waals surface area contributed by atoms with Crippen molar-refractivity contribution in [2.75, 3.05) is 0 Å². The summed E-state index contributed by atoms with van der Waals surface area (Å²) in [6.07, 6.45) is 5.68. The van der Waals surface area contributed by atoms with Gasteiger partial charge in [0.15, 0.2) is 0 Å². The fourth-order valence-corrected chi connectivity index (χ4v) is 3.94. The minimum absolute atomic E-state index is 0.445. The van der Waals surface area contributed by atoms with Crippen LogP contribution < -0.4 is 5.32 Å². The lowest BCUT2D eigenvalue weighted by atomic mass is 9.93. The Morgan fingerprint density at radius 1 is 1.45 bits per heavy atom.